The Morgan fingerprint density at radius 2 is 1.88 bits per heavy atom. The van der Waals surface area contributed by atoms with Crippen LogP contribution in [-0.2, 0) is 13.1 Å². The molecule has 6 nitrogen and oxygen atoms in total. The Bertz CT molecular complexity index is 860. The van der Waals surface area contributed by atoms with Gasteiger partial charge in [-0.2, -0.15) is 0 Å². The number of rotatable bonds is 5. The number of aromatic nitrogens is 2. The largest absolute Gasteiger partial charge is 0.356 e. The van der Waals surface area contributed by atoms with Crippen molar-refractivity contribution in [3.63, 3.8) is 0 Å². The number of aryl methyl sites for hydroxylation is 2. The number of halogens is 1. The number of thiazole rings is 1. The van der Waals surface area contributed by atoms with Crippen LogP contribution >= 0.6 is 35.3 Å². The van der Waals surface area contributed by atoms with Crippen LogP contribution in [-0.4, -0.2) is 23.1 Å². The average molecular weight is 483 g/mol. The molecule has 138 valence electrons. The molecule has 0 bridgehead atoms. The summed E-state index contributed by atoms with van der Waals surface area (Å²) in [5.41, 5.74) is 2.90. The summed E-state index contributed by atoms with van der Waals surface area (Å²) in [6, 6.07) is 11.9. The third-order valence-electron chi connectivity index (χ3n) is 3.69. The lowest BCUT2D eigenvalue weighted by Crippen LogP contribution is -2.36. The summed E-state index contributed by atoms with van der Waals surface area (Å²) in [6.45, 7) is 5.28. The van der Waals surface area contributed by atoms with Crippen molar-refractivity contribution in [3.05, 3.63) is 57.7 Å². The minimum Gasteiger partial charge on any atom is -0.356 e. The smallest absolute Gasteiger partial charge is 0.191 e. The molecule has 0 saturated carbocycles. The molecule has 0 spiro atoms. The van der Waals surface area contributed by atoms with Crippen molar-refractivity contribution >= 4 is 41.3 Å². The first-order valence-corrected chi connectivity index (χ1v) is 8.86. The SMILES string of the molecule is CN=C(NCc1cc(-c2ccccc2)on1)NCc1sc(C)nc1C.I. The summed E-state index contributed by atoms with van der Waals surface area (Å²) in [5, 5.41) is 11.7. The van der Waals surface area contributed by atoms with E-state index in [1.807, 2.05) is 50.2 Å². The molecule has 0 radical (unpaired) electrons. The van der Waals surface area contributed by atoms with Crippen LogP contribution in [0.5, 0.6) is 0 Å². The van der Waals surface area contributed by atoms with Gasteiger partial charge in [0.15, 0.2) is 11.7 Å². The van der Waals surface area contributed by atoms with Gasteiger partial charge in [-0.15, -0.1) is 35.3 Å². The van der Waals surface area contributed by atoms with E-state index in [2.05, 4.69) is 25.8 Å². The number of guanidine groups is 1. The highest BCUT2D eigenvalue weighted by atomic mass is 127. The van der Waals surface area contributed by atoms with E-state index >= 15 is 0 Å². The fourth-order valence-electron chi connectivity index (χ4n) is 2.43. The van der Waals surface area contributed by atoms with Crippen LogP contribution in [0.15, 0.2) is 45.9 Å². The molecule has 0 atom stereocenters. The number of benzene rings is 1. The minimum absolute atomic E-state index is 0. The fourth-order valence-corrected chi connectivity index (χ4v) is 3.31. The van der Waals surface area contributed by atoms with Crippen LogP contribution in [0.4, 0.5) is 0 Å². The van der Waals surface area contributed by atoms with E-state index in [4.69, 9.17) is 4.52 Å². The van der Waals surface area contributed by atoms with Crippen LogP contribution in [0, 0.1) is 13.8 Å². The van der Waals surface area contributed by atoms with Gasteiger partial charge in [0.05, 0.1) is 23.8 Å². The highest BCUT2D eigenvalue weighted by molar-refractivity contribution is 14.0. The van der Waals surface area contributed by atoms with Crippen LogP contribution in [0.3, 0.4) is 0 Å². The Labute approximate surface area is 174 Å². The van der Waals surface area contributed by atoms with Crippen LogP contribution in [0.1, 0.15) is 21.3 Å². The monoisotopic (exact) mass is 483 g/mol. The zero-order valence-corrected chi connectivity index (χ0v) is 18.1. The molecule has 1 aromatic carbocycles. The molecule has 2 heterocycles. The lowest BCUT2D eigenvalue weighted by atomic mass is 10.2. The molecule has 0 saturated heterocycles. The second-order valence-corrected chi connectivity index (χ2v) is 6.86. The van der Waals surface area contributed by atoms with E-state index in [1.54, 1.807) is 18.4 Å². The molecule has 26 heavy (non-hydrogen) atoms. The van der Waals surface area contributed by atoms with Crippen molar-refractivity contribution < 1.29 is 4.52 Å². The summed E-state index contributed by atoms with van der Waals surface area (Å²) >= 11 is 1.70. The Balaban J connectivity index is 0.00000243. The third-order valence-corrected chi connectivity index (χ3v) is 4.77. The number of nitrogens with one attached hydrogen (secondary N) is 2. The molecule has 0 unspecified atom stereocenters. The number of hydrogen-bond donors (Lipinski definition) is 2. The van der Waals surface area contributed by atoms with Gasteiger partial charge in [0.2, 0.25) is 0 Å². The lowest BCUT2D eigenvalue weighted by Gasteiger charge is -2.10. The van der Waals surface area contributed by atoms with Gasteiger partial charge in [0.25, 0.3) is 0 Å². The van der Waals surface area contributed by atoms with Crippen molar-refractivity contribution in [2.24, 2.45) is 4.99 Å². The van der Waals surface area contributed by atoms with E-state index in [-0.39, 0.29) is 24.0 Å². The van der Waals surface area contributed by atoms with Gasteiger partial charge in [-0.3, -0.25) is 4.99 Å². The number of hydrogen-bond acceptors (Lipinski definition) is 5. The summed E-state index contributed by atoms with van der Waals surface area (Å²) < 4.78 is 5.41. The second kappa shape index (κ2) is 9.67. The lowest BCUT2D eigenvalue weighted by molar-refractivity contribution is 0.422. The predicted octanol–water partition coefficient (Wildman–Crippen LogP) is 3.90. The molecule has 3 rings (SSSR count). The summed E-state index contributed by atoms with van der Waals surface area (Å²) in [6.07, 6.45) is 0. The normalized spacial score (nSPS) is 11.1. The molecule has 0 aliphatic rings. The summed E-state index contributed by atoms with van der Waals surface area (Å²) in [5.74, 6) is 1.48. The highest BCUT2D eigenvalue weighted by Gasteiger charge is 2.08. The Hall–Kier alpha value is -1.94. The van der Waals surface area contributed by atoms with E-state index < -0.39 is 0 Å². The third kappa shape index (κ3) is 5.28. The first-order valence-electron chi connectivity index (χ1n) is 8.04. The number of aliphatic imine (C=N–C) groups is 1. The van der Waals surface area contributed by atoms with E-state index in [0.29, 0.717) is 13.1 Å². The maximum atomic E-state index is 5.41. The maximum absolute atomic E-state index is 5.41. The molecule has 0 fully saturated rings. The Kier molecular flexibility index (Phi) is 7.58. The van der Waals surface area contributed by atoms with Gasteiger partial charge in [0.1, 0.15) is 5.69 Å². The Morgan fingerprint density at radius 1 is 1.15 bits per heavy atom. The highest BCUT2D eigenvalue weighted by Crippen LogP contribution is 2.19. The van der Waals surface area contributed by atoms with Crippen molar-refractivity contribution in [2.45, 2.75) is 26.9 Å². The summed E-state index contributed by atoms with van der Waals surface area (Å²) in [4.78, 5) is 9.89. The van der Waals surface area contributed by atoms with Crippen molar-refractivity contribution in [1.29, 1.82) is 0 Å². The fraction of sp³-hybridized carbons (Fsp3) is 0.278. The van der Waals surface area contributed by atoms with Gasteiger partial charge < -0.3 is 15.2 Å². The average Bonchev–Trinajstić information content (AvgIpc) is 3.22. The topological polar surface area (TPSA) is 75.3 Å². The molecular formula is C18H22IN5OS. The first-order chi connectivity index (χ1) is 12.2. The predicted molar refractivity (Wildman–Crippen MR) is 116 cm³/mol. The van der Waals surface area contributed by atoms with Crippen molar-refractivity contribution in [3.8, 4) is 11.3 Å². The zero-order chi connectivity index (χ0) is 17.6. The maximum Gasteiger partial charge on any atom is 0.191 e. The van der Waals surface area contributed by atoms with E-state index in [0.717, 1.165) is 33.7 Å². The van der Waals surface area contributed by atoms with Gasteiger partial charge in [-0.05, 0) is 13.8 Å². The quantitative estimate of drug-likeness (QED) is 0.327. The van der Waals surface area contributed by atoms with Crippen LogP contribution in [0.25, 0.3) is 11.3 Å². The molecule has 0 amide bonds. The molecule has 0 aliphatic carbocycles. The second-order valence-electron chi connectivity index (χ2n) is 5.57. The van der Waals surface area contributed by atoms with E-state index in [1.165, 1.54) is 4.88 Å². The zero-order valence-electron chi connectivity index (χ0n) is 14.9. The summed E-state index contributed by atoms with van der Waals surface area (Å²) in [7, 11) is 1.75. The van der Waals surface area contributed by atoms with Gasteiger partial charge in [0, 0.05) is 23.6 Å². The van der Waals surface area contributed by atoms with Gasteiger partial charge in [-0.25, -0.2) is 4.98 Å². The minimum atomic E-state index is 0. The first kappa shape index (κ1) is 20.4. The molecule has 0 aliphatic heterocycles. The van der Waals surface area contributed by atoms with E-state index in [9.17, 15) is 0 Å². The van der Waals surface area contributed by atoms with Gasteiger partial charge in [-0.1, -0.05) is 35.5 Å². The molecular weight excluding hydrogens is 461 g/mol. The molecule has 8 heteroatoms. The molecule has 2 N–H and O–H groups in total. The van der Waals surface area contributed by atoms with Crippen molar-refractivity contribution in [2.75, 3.05) is 7.05 Å². The molecule has 2 aromatic heterocycles. The van der Waals surface area contributed by atoms with Gasteiger partial charge >= 0.3 is 0 Å². The Morgan fingerprint density at radius 3 is 2.54 bits per heavy atom. The standard InChI is InChI=1S/C18H21N5OS.HI/c1-12-17(25-13(2)22-12)11-21-18(19-3)20-10-15-9-16(24-23-15)14-7-5-4-6-8-14;/h4-9H,10-11H2,1-3H3,(H2,19,20,21);1H. The van der Waals surface area contributed by atoms with Crippen LogP contribution < -0.4 is 10.6 Å². The molecule has 3 aromatic rings. The van der Waals surface area contributed by atoms with Crippen LogP contribution in [0.2, 0.25) is 0 Å². The van der Waals surface area contributed by atoms with Crippen molar-refractivity contribution in [1.82, 2.24) is 20.8 Å². The number of nitrogens with zero attached hydrogens (tertiary/aromatic N) is 3.